The Kier molecular flexibility index (Phi) is 4.17. The Morgan fingerprint density at radius 1 is 1.19 bits per heavy atom. The maximum absolute atomic E-state index is 10.8. The SMILES string of the molecule is O=C(O)CN1CCCN(Cc2nc3ccccc3o2)CC1. The van der Waals surface area contributed by atoms with E-state index in [1.54, 1.807) is 0 Å². The van der Waals surface area contributed by atoms with Gasteiger partial charge >= 0.3 is 5.97 Å². The van der Waals surface area contributed by atoms with E-state index in [-0.39, 0.29) is 6.54 Å². The van der Waals surface area contributed by atoms with Gasteiger partial charge in [0.15, 0.2) is 5.58 Å². The second kappa shape index (κ2) is 6.24. The summed E-state index contributed by atoms with van der Waals surface area (Å²) in [5.41, 5.74) is 1.70. The second-order valence-corrected chi connectivity index (χ2v) is 5.37. The van der Waals surface area contributed by atoms with Gasteiger partial charge in [0.1, 0.15) is 5.52 Å². The van der Waals surface area contributed by atoms with Crippen LogP contribution < -0.4 is 0 Å². The van der Waals surface area contributed by atoms with Crippen molar-refractivity contribution >= 4 is 17.1 Å². The monoisotopic (exact) mass is 289 g/mol. The molecule has 1 aliphatic rings. The number of aromatic nitrogens is 1. The lowest BCUT2D eigenvalue weighted by molar-refractivity contribution is -0.138. The molecular formula is C15H19N3O3. The summed E-state index contributed by atoms with van der Waals surface area (Å²) in [6.07, 6.45) is 0.966. The molecule has 1 aromatic carbocycles. The van der Waals surface area contributed by atoms with Gasteiger partial charge in [-0.2, -0.15) is 0 Å². The molecule has 0 radical (unpaired) electrons. The summed E-state index contributed by atoms with van der Waals surface area (Å²) in [6.45, 7) is 4.18. The van der Waals surface area contributed by atoms with Crippen molar-refractivity contribution in [2.45, 2.75) is 13.0 Å². The summed E-state index contributed by atoms with van der Waals surface area (Å²) in [6, 6.07) is 7.75. The van der Waals surface area contributed by atoms with Gasteiger partial charge in [-0.1, -0.05) is 12.1 Å². The fraction of sp³-hybridized carbons (Fsp3) is 0.467. The first kappa shape index (κ1) is 14.0. The number of nitrogens with zero attached hydrogens (tertiary/aromatic N) is 3. The molecule has 0 bridgehead atoms. The highest BCUT2D eigenvalue weighted by molar-refractivity contribution is 5.72. The third-order valence-electron chi connectivity index (χ3n) is 3.74. The Bertz CT molecular complexity index is 592. The number of carbonyl (C=O) groups is 1. The molecule has 3 rings (SSSR count). The molecular weight excluding hydrogens is 270 g/mol. The number of hydrogen-bond acceptors (Lipinski definition) is 5. The van der Waals surface area contributed by atoms with Crippen LogP contribution in [0.1, 0.15) is 12.3 Å². The first-order valence-corrected chi connectivity index (χ1v) is 7.22. The summed E-state index contributed by atoms with van der Waals surface area (Å²) >= 11 is 0. The van der Waals surface area contributed by atoms with E-state index in [1.165, 1.54) is 0 Å². The van der Waals surface area contributed by atoms with Gasteiger partial charge in [0.2, 0.25) is 5.89 Å². The molecule has 112 valence electrons. The van der Waals surface area contributed by atoms with Gasteiger partial charge in [0.25, 0.3) is 0 Å². The van der Waals surface area contributed by atoms with Crippen LogP contribution in [-0.4, -0.2) is 58.6 Å². The first-order valence-electron chi connectivity index (χ1n) is 7.22. The van der Waals surface area contributed by atoms with E-state index in [1.807, 2.05) is 29.2 Å². The number of fused-ring (bicyclic) bond motifs is 1. The molecule has 0 amide bonds. The average molecular weight is 289 g/mol. The molecule has 1 saturated heterocycles. The van der Waals surface area contributed by atoms with Gasteiger partial charge < -0.3 is 9.52 Å². The summed E-state index contributed by atoms with van der Waals surface area (Å²) in [5, 5.41) is 8.86. The predicted octanol–water partition coefficient (Wildman–Crippen LogP) is 1.42. The van der Waals surface area contributed by atoms with Crippen LogP contribution in [0.5, 0.6) is 0 Å². The van der Waals surface area contributed by atoms with Crippen LogP contribution >= 0.6 is 0 Å². The van der Waals surface area contributed by atoms with E-state index in [9.17, 15) is 4.79 Å². The third-order valence-corrected chi connectivity index (χ3v) is 3.74. The number of carboxylic acids is 1. The zero-order chi connectivity index (χ0) is 14.7. The van der Waals surface area contributed by atoms with Crippen molar-refractivity contribution in [2.24, 2.45) is 0 Å². The van der Waals surface area contributed by atoms with Crippen molar-refractivity contribution in [1.82, 2.24) is 14.8 Å². The Morgan fingerprint density at radius 3 is 2.76 bits per heavy atom. The zero-order valence-corrected chi connectivity index (χ0v) is 11.9. The lowest BCUT2D eigenvalue weighted by Gasteiger charge is -2.19. The minimum absolute atomic E-state index is 0.122. The highest BCUT2D eigenvalue weighted by Gasteiger charge is 2.18. The van der Waals surface area contributed by atoms with Crippen LogP contribution in [0.4, 0.5) is 0 Å². The second-order valence-electron chi connectivity index (χ2n) is 5.37. The Balaban J connectivity index is 1.61. The summed E-state index contributed by atoms with van der Waals surface area (Å²) in [4.78, 5) is 19.5. The van der Waals surface area contributed by atoms with E-state index in [2.05, 4.69) is 9.88 Å². The standard InChI is InChI=1S/C15H19N3O3/c19-15(20)11-18-7-3-6-17(8-9-18)10-14-16-12-4-1-2-5-13(12)21-14/h1-2,4-5H,3,6-11H2,(H,19,20). The molecule has 1 aliphatic heterocycles. The van der Waals surface area contributed by atoms with Gasteiger partial charge in [-0.25, -0.2) is 4.98 Å². The average Bonchev–Trinajstić information content (AvgIpc) is 2.73. The molecule has 6 heteroatoms. The number of oxazole rings is 1. The summed E-state index contributed by atoms with van der Waals surface area (Å²) in [7, 11) is 0. The minimum Gasteiger partial charge on any atom is -0.480 e. The molecule has 0 unspecified atom stereocenters. The number of hydrogen-bond donors (Lipinski definition) is 1. The van der Waals surface area contributed by atoms with E-state index in [0.717, 1.165) is 49.6 Å². The number of benzene rings is 1. The van der Waals surface area contributed by atoms with Crippen molar-refractivity contribution in [3.63, 3.8) is 0 Å². The highest BCUT2D eigenvalue weighted by Crippen LogP contribution is 2.16. The maximum atomic E-state index is 10.8. The first-order chi connectivity index (χ1) is 10.2. The van der Waals surface area contributed by atoms with E-state index >= 15 is 0 Å². The van der Waals surface area contributed by atoms with Gasteiger partial charge in [-0.15, -0.1) is 0 Å². The van der Waals surface area contributed by atoms with E-state index in [4.69, 9.17) is 9.52 Å². The van der Waals surface area contributed by atoms with Crippen LogP contribution in [0.25, 0.3) is 11.1 Å². The van der Waals surface area contributed by atoms with Gasteiger partial charge in [0.05, 0.1) is 13.1 Å². The van der Waals surface area contributed by atoms with Crippen molar-refractivity contribution in [3.05, 3.63) is 30.2 Å². The Morgan fingerprint density at radius 2 is 1.95 bits per heavy atom. The number of para-hydroxylation sites is 2. The smallest absolute Gasteiger partial charge is 0.317 e. The molecule has 2 aromatic rings. The van der Waals surface area contributed by atoms with Crippen LogP contribution in [0, 0.1) is 0 Å². The Hall–Kier alpha value is -1.92. The largest absolute Gasteiger partial charge is 0.480 e. The molecule has 1 fully saturated rings. The van der Waals surface area contributed by atoms with Gasteiger partial charge in [0, 0.05) is 19.6 Å². The van der Waals surface area contributed by atoms with Gasteiger partial charge in [-0.3, -0.25) is 14.6 Å². The van der Waals surface area contributed by atoms with Crippen molar-refractivity contribution in [3.8, 4) is 0 Å². The maximum Gasteiger partial charge on any atom is 0.317 e. The minimum atomic E-state index is -0.762. The molecule has 6 nitrogen and oxygen atoms in total. The van der Waals surface area contributed by atoms with Gasteiger partial charge in [-0.05, 0) is 25.1 Å². The number of carboxylic acid groups (broad SMARTS) is 1. The van der Waals surface area contributed by atoms with Crippen LogP contribution in [0.2, 0.25) is 0 Å². The lowest BCUT2D eigenvalue weighted by atomic mass is 10.3. The molecule has 0 atom stereocenters. The zero-order valence-electron chi connectivity index (χ0n) is 11.9. The Labute approximate surface area is 123 Å². The van der Waals surface area contributed by atoms with Crippen molar-refractivity contribution in [1.29, 1.82) is 0 Å². The van der Waals surface area contributed by atoms with Crippen LogP contribution in [0.3, 0.4) is 0 Å². The topological polar surface area (TPSA) is 69.8 Å². The molecule has 2 heterocycles. The molecule has 1 N–H and O–H groups in total. The third kappa shape index (κ3) is 3.59. The fourth-order valence-electron chi connectivity index (χ4n) is 2.71. The molecule has 21 heavy (non-hydrogen) atoms. The highest BCUT2D eigenvalue weighted by atomic mass is 16.4. The molecule has 0 spiro atoms. The van der Waals surface area contributed by atoms with E-state index < -0.39 is 5.97 Å². The number of rotatable bonds is 4. The predicted molar refractivity (Wildman–Crippen MR) is 78.0 cm³/mol. The normalized spacial score (nSPS) is 17.9. The molecule has 0 aliphatic carbocycles. The molecule has 1 aromatic heterocycles. The summed E-state index contributed by atoms with van der Waals surface area (Å²) in [5.74, 6) is -0.0368. The van der Waals surface area contributed by atoms with Crippen molar-refractivity contribution in [2.75, 3.05) is 32.7 Å². The molecule has 0 saturated carbocycles. The lowest BCUT2D eigenvalue weighted by Crippen LogP contribution is -2.34. The summed E-state index contributed by atoms with van der Waals surface area (Å²) < 4.78 is 5.74. The fourth-order valence-corrected chi connectivity index (χ4v) is 2.71. The quantitative estimate of drug-likeness (QED) is 0.918. The number of aliphatic carboxylic acids is 1. The van der Waals surface area contributed by atoms with E-state index in [0.29, 0.717) is 6.54 Å². The van der Waals surface area contributed by atoms with Crippen LogP contribution in [0.15, 0.2) is 28.7 Å². The van der Waals surface area contributed by atoms with Crippen LogP contribution in [-0.2, 0) is 11.3 Å². The van der Waals surface area contributed by atoms with Crippen molar-refractivity contribution < 1.29 is 14.3 Å².